The van der Waals surface area contributed by atoms with Crippen LogP contribution >= 0.6 is 0 Å². The van der Waals surface area contributed by atoms with E-state index in [9.17, 15) is 0 Å². The third-order valence-electron chi connectivity index (χ3n) is 10.9. The van der Waals surface area contributed by atoms with Gasteiger partial charge in [0.25, 0.3) is 0 Å². The van der Waals surface area contributed by atoms with Gasteiger partial charge in [0.15, 0.2) is 11.2 Å². The first-order valence-corrected chi connectivity index (χ1v) is 17.7. The number of benzene rings is 8. The monoisotopic (exact) mass is 664 g/mol. The van der Waals surface area contributed by atoms with Crippen molar-refractivity contribution in [1.82, 2.24) is 9.13 Å². The molecule has 0 unspecified atom stereocenters. The number of hydrogen-bond donors (Lipinski definition) is 0. The van der Waals surface area contributed by atoms with Crippen molar-refractivity contribution in [2.75, 3.05) is 0 Å². The molecule has 0 bridgehead atoms. The smallest absolute Gasteiger partial charge is 0.178 e. The van der Waals surface area contributed by atoms with E-state index in [2.05, 4.69) is 161 Å². The summed E-state index contributed by atoms with van der Waals surface area (Å²) in [6.45, 7) is 0. The fourth-order valence-corrected chi connectivity index (χ4v) is 8.58. The number of aromatic nitrogens is 2. The van der Waals surface area contributed by atoms with Gasteiger partial charge >= 0.3 is 0 Å². The normalized spacial score (nSPS) is 12.2. The van der Waals surface area contributed by atoms with Crippen LogP contribution in [0.25, 0.3) is 110 Å². The van der Waals surface area contributed by atoms with E-state index in [4.69, 9.17) is 8.83 Å². The Balaban J connectivity index is 1.03. The van der Waals surface area contributed by atoms with E-state index in [0.29, 0.717) is 0 Å². The number of para-hydroxylation sites is 4. The zero-order valence-corrected chi connectivity index (χ0v) is 27.9. The van der Waals surface area contributed by atoms with Crippen molar-refractivity contribution in [2.24, 2.45) is 0 Å². The van der Waals surface area contributed by atoms with Gasteiger partial charge in [-0.05, 0) is 90.0 Å². The fourth-order valence-electron chi connectivity index (χ4n) is 8.58. The molecule has 4 heteroatoms. The predicted octanol–water partition coefficient (Wildman–Crippen LogP) is 13.3. The van der Waals surface area contributed by atoms with E-state index in [1.807, 2.05) is 18.2 Å². The molecule has 0 aliphatic heterocycles. The number of fused-ring (bicyclic) bond motifs is 13. The van der Waals surface area contributed by atoms with Crippen molar-refractivity contribution >= 4 is 87.5 Å². The Morgan fingerprint density at radius 3 is 1.42 bits per heavy atom. The second-order valence-corrected chi connectivity index (χ2v) is 13.7. The standard InChI is InChI=1S/C48H28N2O2/c1-2-10-31(11-3-1)49-41-15-7-4-12-33(41)39-26-29(18-24-43(39)49)30-19-25-44-40(27-30)34-13-5-8-16-42(34)50(44)32-20-21-36-38-23-22-37-35-14-6-9-17-45(35)51-47(37)48(38)52-46(36)28-32/h1-28H. The number of nitrogens with zero attached hydrogens (tertiary/aromatic N) is 2. The molecule has 0 N–H and O–H groups in total. The molecule has 8 aromatic carbocycles. The third-order valence-corrected chi connectivity index (χ3v) is 10.9. The molecular formula is C48H28N2O2. The summed E-state index contributed by atoms with van der Waals surface area (Å²) in [5.74, 6) is 0. The molecule has 12 aromatic rings. The van der Waals surface area contributed by atoms with Crippen LogP contribution in [-0.4, -0.2) is 9.13 Å². The molecule has 0 amide bonds. The molecule has 12 rings (SSSR count). The van der Waals surface area contributed by atoms with Gasteiger partial charge in [-0.15, -0.1) is 0 Å². The van der Waals surface area contributed by atoms with Crippen LogP contribution in [0.1, 0.15) is 0 Å². The van der Waals surface area contributed by atoms with Gasteiger partial charge in [0.05, 0.1) is 22.1 Å². The Morgan fingerprint density at radius 2 is 0.769 bits per heavy atom. The highest BCUT2D eigenvalue weighted by Gasteiger charge is 2.19. The lowest BCUT2D eigenvalue weighted by Gasteiger charge is -2.09. The molecule has 52 heavy (non-hydrogen) atoms. The summed E-state index contributed by atoms with van der Waals surface area (Å²) in [4.78, 5) is 0. The second-order valence-electron chi connectivity index (χ2n) is 13.7. The Hall–Kier alpha value is -7.04. The van der Waals surface area contributed by atoms with Crippen molar-refractivity contribution in [1.29, 1.82) is 0 Å². The van der Waals surface area contributed by atoms with Gasteiger partial charge < -0.3 is 18.0 Å². The number of hydrogen-bond acceptors (Lipinski definition) is 2. The first-order chi connectivity index (χ1) is 25.8. The van der Waals surface area contributed by atoms with Crippen LogP contribution in [0.4, 0.5) is 0 Å². The highest BCUT2D eigenvalue weighted by Crippen LogP contribution is 2.41. The second kappa shape index (κ2) is 10.3. The van der Waals surface area contributed by atoms with Crippen LogP contribution in [0, 0.1) is 0 Å². The fraction of sp³-hybridized carbons (Fsp3) is 0. The minimum atomic E-state index is 0.788. The highest BCUT2D eigenvalue weighted by molar-refractivity contribution is 6.19. The van der Waals surface area contributed by atoms with Crippen LogP contribution in [0.2, 0.25) is 0 Å². The molecule has 0 radical (unpaired) electrons. The van der Waals surface area contributed by atoms with Gasteiger partial charge in [-0.2, -0.15) is 0 Å². The van der Waals surface area contributed by atoms with Gasteiger partial charge in [-0.25, -0.2) is 0 Å². The molecule has 0 aliphatic carbocycles. The molecule has 4 aromatic heterocycles. The first kappa shape index (κ1) is 27.7. The van der Waals surface area contributed by atoms with Crippen molar-refractivity contribution in [3.05, 3.63) is 170 Å². The molecule has 242 valence electrons. The first-order valence-electron chi connectivity index (χ1n) is 17.7. The van der Waals surface area contributed by atoms with Crippen molar-refractivity contribution in [3.63, 3.8) is 0 Å². The maximum atomic E-state index is 6.62. The molecule has 0 atom stereocenters. The SMILES string of the molecule is c1ccc(-n2c3ccccc3c3cc(-c4ccc5c(c4)c4ccccc4n5-c4ccc5c(c4)oc4c5ccc5c6ccccc6oc54)ccc32)cc1. The van der Waals surface area contributed by atoms with E-state index < -0.39 is 0 Å². The minimum Gasteiger partial charge on any atom is -0.452 e. The van der Waals surface area contributed by atoms with Crippen molar-refractivity contribution in [2.45, 2.75) is 0 Å². The predicted molar refractivity (Wildman–Crippen MR) is 215 cm³/mol. The zero-order chi connectivity index (χ0) is 33.9. The van der Waals surface area contributed by atoms with Gasteiger partial charge in [0, 0.05) is 60.5 Å². The Morgan fingerprint density at radius 1 is 0.288 bits per heavy atom. The lowest BCUT2D eigenvalue weighted by atomic mass is 10.0. The Bertz CT molecular complexity index is 3410. The van der Waals surface area contributed by atoms with Crippen LogP contribution in [0.15, 0.2) is 179 Å². The van der Waals surface area contributed by atoms with Gasteiger partial charge in [-0.3, -0.25) is 0 Å². The summed E-state index contributed by atoms with van der Waals surface area (Å²) in [6.07, 6.45) is 0. The lowest BCUT2D eigenvalue weighted by Crippen LogP contribution is -1.93. The van der Waals surface area contributed by atoms with E-state index in [1.165, 1.54) is 49.4 Å². The van der Waals surface area contributed by atoms with E-state index >= 15 is 0 Å². The molecule has 0 fully saturated rings. The molecule has 0 spiro atoms. The molecule has 0 saturated heterocycles. The highest BCUT2D eigenvalue weighted by atomic mass is 16.4. The van der Waals surface area contributed by atoms with Gasteiger partial charge in [0.1, 0.15) is 11.2 Å². The van der Waals surface area contributed by atoms with Crippen molar-refractivity contribution in [3.8, 4) is 22.5 Å². The maximum absolute atomic E-state index is 6.62. The lowest BCUT2D eigenvalue weighted by molar-refractivity contribution is 0.633. The van der Waals surface area contributed by atoms with Gasteiger partial charge in [-0.1, -0.05) is 84.9 Å². The van der Waals surface area contributed by atoms with E-state index in [1.54, 1.807) is 0 Å². The van der Waals surface area contributed by atoms with E-state index in [-0.39, 0.29) is 0 Å². The van der Waals surface area contributed by atoms with Crippen LogP contribution in [-0.2, 0) is 0 Å². The summed E-state index contributed by atoms with van der Waals surface area (Å²) < 4.78 is 17.7. The molecular weight excluding hydrogens is 637 g/mol. The maximum Gasteiger partial charge on any atom is 0.178 e. The van der Waals surface area contributed by atoms with Crippen LogP contribution in [0.5, 0.6) is 0 Å². The zero-order valence-electron chi connectivity index (χ0n) is 27.9. The van der Waals surface area contributed by atoms with E-state index in [0.717, 1.165) is 60.6 Å². The van der Waals surface area contributed by atoms with Crippen LogP contribution < -0.4 is 0 Å². The van der Waals surface area contributed by atoms with Crippen molar-refractivity contribution < 1.29 is 8.83 Å². The summed E-state index contributed by atoms with van der Waals surface area (Å²) in [6, 6.07) is 60.8. The Kier molecular flexibility index (Phi) is 5.47. The largest absolute Gasteiger partial charge is 0.452 e. The van der Waals surface area contributed by atoms with Gasteiger partial charge in [0.2, 0.25) is 0 Å². The minimum absolute atomic E-state index is 0.788. The average Bonchev–Trinajstić information content (AvgIpc) is 3.95. The Labute approximate surface area is 296 Å². The van der Waals surface area contributed by atoms with Crippen LogP contribution in [0.3, 0.4) is 0 Å². The molecule has 4 nitrogen and oxygen atoms in total. The number of furan rings is 2. The quantitative estimate of drug-likeness (QED) is 0.188. The third kappa shape index (κ3) is 3.75. The topological polar surface area (TPSA) is 36.1 Å². The summed E-state index contributed by atoms with van der Waals surface area (Å²) >= 11 is 0. The molecule has 0 saturated carbocycles. The summed E-state index contributed by atoms with van der Waals surface area (Å²) in [5, 5.41) is 9.24. The summed E-state index contributed by atoms with van der Waals surface area (Å²) in [5.41, 5.74) is 12.6. The molecule has 4 heterocycles. The summed E-state index contributed by atoms with van der Waals surface area (Å²) in [7, 11) is 0. The number of rotatable bonds is 3. The average molecular weight is 665 g/mol. The molecule has 0 aliphatic rings.